The number of rotatable bonds is 8. The topological polar surface area (TPSA) is 120 Å². The summed E-state index contributed by atoms with van der Waals surface area (Å²) in [6, 6.07) is 8.80. The molecule has 4 rings (SSSR count). The molecule has 2 amide bonds. The van der Waals surface area contributed by atoms with Gasteiger partial charge in [0.1, 0.15) is 11.5 Å². The number of nitrogens with zero attached hydrogens (tertiary/aromatic N) is 4. The first-order valence-electron chi connectivity index (χ1n) is 10.2. The summed E-state index contributed by atoms with van der Waals surface area (Å²) in [6.45, 7) is 6.94. The molecule has 0 aliphatic carbocycles. The molecule has 0 aromatic carbocycles. The molecule has 10 heteroatoms. The van der Waals surface area contributed by atoms with Crippen molar-refractivity contribution in [1.29, 1.82) is 0 Å². The second-order valence-electron chi connectivity index (χ2n) is 7.31. The van der Waals surface area contributed by atoms with Crippen molar-refractivity contribution in [2.45, 2.75) is 40.4 Å². The van der Waals surface area contributed by atoms with Gasteiger partial charge in [0, 0.05) is 18.4 Å². The number of nitrogens with one attached hydrogen (secondary N) is 2. The van der Waals surface area contributed by atoms with Crippen LogP contribution in [0.3, 0.4) is 0 Å². The van der Waals surface area contributed by atoms with Gasteiger partial charge in [0.25, 0.3) is 11.8 Å². The highest BCUT2D eigenvalue weighted by Crippen LogP contribution is 2.18. The first kappa shape index (κ1) is 21.2. The zero-order chi connectivity index (χ0) is 22.7. The number of amides is 2. The minimum absolute atomic E-state index is 0.112. The maximum absolute atomic E-state index is 12.8. The molecule has 0 aliphatic rings. The second kappa shape index (κ2) is 8.96. The van der Waals surface area contributed by atoms with Gasteiger partial charge in [0.05, 0.1) is 30.7 Å². The van der Waals surface area contributed by atoms with Gasteiger partial charge in [0.2, 0.25) is 0 Å². The van der Waals surface area contributed by atoms with Crippen molar-refractivity contribution in [1.82, 2.24) is 24.9 Å². The molecule has 10 nitrogen and oxygen atoms in total. The summed E-state index contributed by atoms with van der Waals surface area (Å²) in [5.41, 5.74) is 2.33. The first-order chi connectivity index (χ1) is 15.4. The fourth-order valence-electron chi connectivity index (χ4n) is 3.26. The molecule has 0 saturated carbocycles. The quantitative estimate of drug-likeness (QED) is 0.438. The molecule has 0 atom stereocenters. The predicted molar refractivity (Wildman–Crippen MR) is 115 cm³/mol. The Bertz CT molecular complexity index is 1230. The molecule has 0 unspecified atom stereocenters. The summed E-state index contributed by atoms with van der Waals surface area (Å²) < 4.78 is 14.3. The highest BCUT2D eigenvalue weighted by atomic mass is 16.4. The molecule has 2 N–H and O–H groups in total. The zero-order valence-corrected chi connectivity index (χ0v) is 18.1. The van der Waals surface area contributed by atoms with Crippen LogP contribution in [-0.2, 0) is 19.6 Å². The van der Waals surface area contributed by atoms with Crippen molar-refractivity contribution in [3.8, 4) is 0 Å². The lowest BCUT2D eigenvalue weighted by atomic mass is 10.3. The van der Waals surface area contributed by atoms with E-state index in [2.05, 4.69) is 20.8 Å². The summed E-state index contributed by atoms with van der Waals surface area (Å²) in [4.78, 5) is 25.4. The van der Waals surface area contributed by atoms with Gasteiger partial charge in [-0.3, -0.25) is 19.0 Å². The van der Waals surface area contributed by atoms with Crippen LogP contribution in [-0.4, -0.2) is 31.4 Å². The van der Waals surface area contributed by atoms with Crippen LogP contribution in [0.4, 0.5) is 5.69 Å². The van der Waals surface area contributed by atoms with Crippen molar-refractivity contribution < 1.29 is 18.4 Å². The number of aryl methyl sites for hydroxylation is 3. The molecule has 4 heterocycles. The van der Waals surface area contributed by atoms with Crippen LogP contribution in [0, 0.1) is 13.8 Å². The standard InChI is InChI=1S/C22H24N6O4/c1-4-27-13-18(20(26-27)22(30)23-11-16-6-5-9-31-16)24-21(29)19-8-7-17(32-19)12-28-15(3)10-14(2)25-28/h5-10,13H,4,11-12H2,1-3H3,(H,23,30)(H,24,29). The summed E-state index contributed by atoms with van der Waals surface area (Å²) >= 11 is 0. The highest BCUT2D eigenvalue weighted by Gasteiger charge is 2.21. The van der Waals surface area contributed by atoms with Crippen molar-refractivity contribution in [3.63, 3.8) is 0 Å². The van der Waals surface area contributed by atoms with Gasteiger partial charge in [0.15, 0.2) is 11.5 Å². The van der Waals surface area contributed by atoms with E-state index in [0.717, 1.165) is 11.4 Å². The average Bonchev–Trinajstić information content (AvgIpc) is 3.55. The number of hydrogen-bond donors (Lipinski definition) is 2. The summed E-state index contributed by atoms with van der Waals surface area (Å²) in [5, 5.41) is 14.1. The number of hydrogen-bond acceptors (Lipinski definition) is 6. The Kier molecular flexibility index (Phi) is 5.93. The highest BCUT2D eigenvalue weighted by molar-refractivity contribution is 6.07. The third-order valence-corrected chi connectivity index (χ3v) is 4.85. The Balaban J connectivity index is 1.46. The monoisotopic (exact) mass is 436 g/mol. The molecule has 0 fully saturated rings. The molecule has 0 bridgehead atoms. The van der Waals surface area contributed by atoms with Gasteiger partial charge in [-0.2, -0.15) is 10.2 Å². The minimum atomic E-state index is -0.472. The molecular weight excluding hydrogens is 412 g/mol. The molecule has 0 saturated heterocycles. The van der Waals surface area contributed by atoms with Crippen molar-refractivity contribution in [2.75, 3.05) is 5.32 Å². The van der Waals surface area contributed by atoms with E-state index in [4.69, 9.17) is 8.83 Å². The number of carbonyl (C=O) groups is 2. The van der Waals surface area contributed by atoms with Gasteiger partial charge in [-0.15, -0.1) is 0 Å². The van der Waals surface area contributed by atoms with E-state index in [1.54, 1.807) is 35.1 Å². The van der Waals surface area contributed by atoms with Crippen LogP contribution in [0.1, 0.15) is 50.9 Å². The smallest absolute Gasteiger partial charge is 0.291 e. The Morgan fingerprint density at radius 3 is 2.62 bits per heavy atom. The fourth-order valence-corrected chi connectivity index (χ4v) is 3.26. The van der Waals surface area contributed by atoms with E-state index >= 15 is 0 Å². The second-order valence-corrected chi connectivity index (χ2v) is 7.31. The molecule has 166 valence electrons. The van der Waals surface area contributed by atoms with Crippen molar-refractivity contribution in [3.05, 3.63) is 77.2 Å². The van der Waals surface area contributed by atoms with Crippen LogP contribution in [0.25, 0.3) is 0 Å². The Morgan fingerprint density at radius 2 is 1.94 bits per heavy atom. The zero-order valence-electron chi connectivity index (χ0n) is 18.1. The van der Waals surface area contributed by atoms with Crippen molar-refractivity contribution in [2.24, 2.45) is 0 Å². The number of carbonyl (C=O) groups excluding carboxylic acids is 2. The molecule has 0 aliphatic heterocycles. The van der Waals surface area contributed by atoms with Gasteiger partial charge in [-0.25, -0.2) is 0 Å². The van der Waals surface area contributed by atoms with E-state index in [0.29, 0.717) is 30.3 Å². The van der Waals surface area contributed by atoms with Gasteiger partial charge >= 0.3 is 0 Å². The lowest BCUT2D eigenvalue weighted by molar-refractivity contribution is 0.0943. The fraction of sp³-hybridized carbons (Fsp3) is 0.273. The van der Waals surface area contributed by atoms with Crippen LogP contribution in [0.2, 0.25) is 0 Å². The maximum Gasteiger partial charge on any atom is 0.291 e. The lowest BCUT2D eigenvalue weighted by Crippen LogP contribution is -2.25. The van der Waals surface area contributed by atoms with Gasteiger partial charge in [-0.05, 0) is 51.1 Å². The SMILES string of the molecule is CCn1cc(NC(=O)c2ccc(Cn3nc(C)cc3C)o2)c(C(=O)NCc2ccco2)n1. The van der Waals surface area contributed by atoms with E-state index in [1.165, 1.54) is 6.26 Å². The van der Waals surface area contributed by atoms with E-state index < -0.39 is 11.8 Å². The van der Waals surface area contributed by atoms with Crippen LogP contribution in [0.15, 0.2) is 51.6 Å². The third kappa shape index (κ3) is 4.64. The Hall–Kier alpha value is -4.08. The summed E-state index contributed by atoms with van der Waals surface area (Å²) in [7, 11) is 0. The van der Waals surface area contributed by atoms with Gasteiger partial charge in [-0.1, -0.05) is 0 Å². The average molecular weight is 436 g/mol. The van der Waals surface area contributed by atoms with Crippen LogP contribution < -0.4 is 10.6 Å². The Morgan fingerprint density at radius 1 is 1.09 bits per heavy atom. The molecular formula is C22H24N6O4. The van der Waals surface area contributed by atoms with E-state index in [1.807, 2.05) is 31.5 Å². The molecule has 0 spiro atoms. The molecule has 0 radical (unpaired) electrons. The van der Waals surface area contributed by atoms with E-state index in [-0.39, 0.29) is 18.0 Å². The number of anilines is 1. The number of aromatic nitrogens is 4. The van der Waals surface area contributed by atoms with Crippen LogP contribution >= 0.6 is 0 Å². The van der Waals surface area contributed by atoms with E-state index in [9.17, 15) is 9.59 Å². The van der Waals surface area contributed by atoms with Crippen molar-refractivity contribution >= 4 is 17.5 Å². The molecule has 4 aromatic heterocycles. The lowest BCUT2D eigenvalue weighted by Gasteiger charge is -2.05. The normalized spacial score (nSPS) is 11.0. The largest absolute Gasteiger partial charge is 0.467 e. The predicted octanol–water partition coefficient (Wildman–Crippen LogP) is 3.13. The minimum Gasteiger partial charge on any atom is -0.467 e. The maximum atomic E-state index is 12.8. The molecule has 32 heavy (non-hydrogen) atoms. The van der Waals surface area contributed by atoms with Gasteiger partial charge < -0.3 is 19.5 Å². The summed E-state index contributed by atoms with van der Waals surface area (Å²) in [6.07, 6.45) is 3.14. The molecule has 4 aromatic rings. The number of furan rings is 2. The summed E-state index contributed by atoms with van der Waals surface area (Å²) in [5.74, 6) is 0.452. The third-order valence-electron chi connectivity index (χ3n) is 4.85. The Labute approximate surface area is 184 Å². The van der Waals surface area contributed by atoms with Crippen LogP contribution in [0.5, 0.6) is 0 Å². The first-order valence-corrected chi connectivity index (χ1v) is 10.2.